The van der Waals surface area contributed by atoms with Gasteiger partial charge in [-0.3, -0.25) is 8.98 Å². The molecule has 1 aliphatic heterocycles. The number of hydrogen-bond donors (Lipinski definition) is 0. The number of benzene rings is 2. The summed E-state index contributed by atoms with van der Waals surface area (Å²) in [6.07, 6.45) is -4.83. The van der Waals surface area contributed by atoms with E-state index < -0.39 is 46.8 Å². The lowest BCUT2D eigenvalue weighted by Crippen LogP contribution is -2.60. The van der Waals surface area contributed by atoms with Crippen molar-refractivity contribution in [3.8, 4) is 0 Å². The highest BCUT2D eigenvalue weighted by Crippen LogP contribution is 2.31. The van der Waals surface area contributed by atoms with Crippen molar-refractivity contribution in [1.82, 2.24) is 0 Å². The van der Waals surface area contributed by atoms with Crippen molar-refractivity contribution in [2.24, 2.45) is 0 Å². The predicted octanol–water partition coefficient (Wildman–Crippen LogP) is 2.98. The number of ether oxygens (including phenoxy) is 4. The number of esters is 1. The second kappa shape index (κ2) is 10.5. The van der Waals surface area contributed by atoms with Crippen LogP contribution in [0.2, 0.25) is 0 Å². The maximum Gasteiger partial charge on any atom is 0.303 e. The zero-order valence-corrected chi connectivity index (χ0v) is 19.3. The summed E-state index contributed by atoms with van der Waals surface area (Å²) >= 11 is 0. The first-order valence-electron chi connectivity index (χ1n) is 10.2. The minimum Gasteiger partial charge on any atom is -0.454 e. The van der Waals surface area contributed by atoms with Crippen LogP contribution in [0.4, 0.5) is 0 Å². The van der Waals surface area contributed by atoms with E-state index in [9.17, 15) is 13.2 Å². The van der Waals surface area contributed by atoms with E-state index in [4.69, 9.17) is 23.1 Å². The summed E-state index contributed by atoms with van der Waals surface area (Å²) in [5.74, 6) is -0.627. The molecule has 2 aromatic rings. The molecular formula is C23H28O8S. The normalized spacial score (nSPS) is 25.9. The molecule has 9 heteroatoms. The third-order valence-corrected chi connectivity index (χ3v) is 6.42. The van der Waals surface area contributed by atoms with E-state index in [0.29, 0.717) is 0 Å². The molecule has 0 spiro atoms. The van der Waals surface area contributed by atoms with E-state index in [2.05, 4.69) is 0 Å². The predicted molar refractivity (Wildman–Crippen MR) is 115 cm³/mol. The van der Waals surface area contributed by atoms with Crippen LogP contribution >= 0.6 is 0 Å². The summed E-state index contributed by atoms with van der Waals surface area (Å²) in [5, 5.41) is 0. The third-order valence-electron chi connectivity index (χ3n) is 5.09. The van der Waals surface area contributed by atoms with Gasteiger partial charge in [-0.05, 0) is 31.5 Å². The maximum atomic E-state index is 13.1. The molecule has 1 fully saturated rings. The molecule has 3 rings (SSSR count). The van der Waals surface area contributed by atoms with Crippen LogP contribution in [-0.4, -0.2) is 52.2 Å². The number of rotatable bonds is 8. The van der Waals surface area contributed by atoms with Crippen molar-refractivity contribution >= 4 is 16.1 Å². The molecule has 2 aromatic carbocycles. The van der Waals surface area contributed by atoms with Crippen LogP contribution < -0.4 is 0 Å². The topological polar surface area (TPSA) is 97.4 Å². The Balaban J connectivity index is 1.93. The highest BCUT2D eigenvalue weighted by molar-refractivity contribution is 7.86. The van der Waals surface area contributed by atoms with Gasteiger partial charge in [0.25, 0.3) is 10.1 Å². The lowest BCUT2D eigenvalue weighted by molar-refractivity contribution is -0.293. The Morgan fingerprint density at radius 2 is 1.66 bits per heavy atom. The van der Waals surface area contributed by atoms with Gasteiger partial charge in [-0.1, -0.05) is 48.0 Å². The average Bonchev–Trinajstić information content (AvgIpc) is 2.75. The number of carbonyl (C=O) groups is 1. The van der Waals surface area contributed by atoms with Gasteiger partial charge in [0.2, 0.25) is 0 Å². The van der Waals surface area contributed by atoms with E-state index >= 15 is 0 Å². The first kappa shape index (κ1) is 24.3. The van der Waals surface area contributed by atoms with Gasteiger partial charge in [0.15, 0.2) is 12.4 Å². The van der Waals surface area contributed by atoms with E-state index in [1.54, 1.807) is 19.1 Å². The fraction of sp³-hybridized carbons (Fsp3) is 0.435. The Hall–Kier alpha value is -2.30. The molecular weight excluding hydrogens is 436 g/mol. The second-order valence-corrected chi connectivity index (χ2v) is 9.18. The lowest BCUT2D eigenvalue weighted by atomic mass is 9.99. The number of aryl methyl sites for hydroxylation is 1. The first-order chi connectivity index (χ1) is 15.2. The van der Waals surface area contributed by atoms with Crippen molar-refractivity contribution in [2.45, 2.75) is 63.0 Å². The van der Waals surface area contributed by atoms with Crippen LogP contribution in [0.5, 0.6) is 0 Å². The van der Waals surface area contributed by atoms with Crippen LogP contribution in [-0.2, 0) is 44.7 Å². The second-order valence-electron chi connectivity index (χ2n) is 7.61. The minimum absolute atomic E-state index is 0.0143. The van der Waals surface area contributed by atoms with Crippen molar-refractivity contribution in [2.75, 3.05) is 7.11 Å². The summed E-state index contributed by atoms with van der Waals surface area (Å²) in [5.41, 5.74) is 1.79. The molecule has 0 unspecified atom stereocenters. The molecule has 1 aliphatic rings. The lowest BCUT2D eigenvalue weighted by Gasteiger charge is -2.43. The van der Waals surface area contributed by atoms with Crippen LogP contribution in [0.1, 0.15) is 25.0 Å². The third kappa shape index (κ3) is 5.93. The van der Waals surface area contributed by atoms with Crippen LogP contribution in [0.25, 0.3) is 0 Å². The quantitative estimate of drug-likeness (QED) is 0.435. The number of methoxy groups -OCH3 is 1. The summed E-state index contributed by atoms with van der Waals surface area (Å²) < 4.78 is 54.3. The van der Waals surface area contributed by atoms with Gasteiger partial charge < -0.3 is 18.9 Å². The van der Waals surface area contributed by atoms with Gasteiger partial charge >= 0.3 is 5.97 Å². The van der Waals surface area contributed by atoms with Crippen molar-refractivity contribution in [3.05, 3.63) is 65.7 Å². The summed E-state index contributed by atoms with van der Waals surface area (Å²) in [4.78, 5) is 11.8. The SMILES string of the molecule is CO[C@H]1O[C@H](C)[C@H](OCc2ccccc2)[C@H](OS(=O)(=O)c2ccc(C)cc2)[C@H]1OC(C)=O. The minimum atomic E-state index is -4.20. The fourth-order valence-electron chi connectivity index (χ4n) is 3.49. The summed E-state index contributed by atoms with van der Waals surface area (Å²) in [7, 11) is -2.82. The molecule has 1 heterocycles. The van der Waals surface area contributed by atoms with E-state index in [1.165, 1.54) is 26.2 Å². The Morgan fingerprint density at radius 1 is 1.00 bits per heavy atom. The van der Waals surface area contributed by atoms with Crippen molar-refractivity contribution < 1.29 is 36.3 Å². The van der Waals surface area contributed by atoms with Gasteiger partial charge in [-0.15, -0.1) is 0 Å². The van der Waals surface area contributed by atoms with Crippen molar-refractivity contribution in [1.29, 1.82) is 0 Å². The highest BCUT2D eigenvalue weighted by Gasteiger charge is 2.50. The molecule has 0 N–H and O–H groups in total. The van der Waals surface area contributed by atoms with E-state index in [-0.39, 0.29) is 11.5 Å². The zero-order chi connectivity index (χ0) is 23.3. The van der Waals surface area contributed by atoms with Crippen LogP contribution in [0.15, 0.2) is 59.5 Å². The van der Waals surface area contributed by atoms with Gasteiger partial charge in [0.1, 0.15) is 12.2 Å². The first-order valence-corrected chi connectivity index (χ1v) is 11.6. The standard InChI is InChI=1S/C23H28O8S/c1-15-10-12-19(13-11-15)32(25,26)31-21-20(28-14-18-8-6-5-7-9-18)16(2)29-23(27-4)22(21)30-17(3)24/h5-13,16,20-23H,14H2,1-4H3/t16-,20+,21+,22-,23+/m1/s1. The molecule has 0 amide bonds. The smallest absolute Gasteiger partial charge is 0.303 e. The summed E-state index contributed by atoms with van der Waals surface area (Å²) in [6.45, 7) is 4.98. The fourth-order valence-corrected chi connectivity index (χ4v) is 4.58. The van der Waals surface area contributed by atoms with Crippen LogP contribution in [0.3, 0.4) is 0 Å². The van der Waals surface area contributed by atoms with Gasteiger partial charge in [0, 0.05) is 14.0 Å². The molecule has 0 bridgehead atoms. The number of carbonyl (C=O) groups excluding carboxylic acids is 1. The molecule has 32 heavy (non-hydrogen) atoms. The van der Waals surface area contributed by atoms with E-state index in [1.807, 2.05) is 37.3 Å². The van der Waals surface area contributed by atoms with Gasteiger partial charge in [0.05, 0.1) is 17.6 Å². The Labute approximate surface area is 188 Å². The van der Waals surface area contributed by atoms with Crippen molar-refractivity contribution in [3.63, 3.8) is 0 Å². The molecule has 0 aliphatic carbocycles. The molecule has 8 nitrogen and oxygen atoms in total. The maximum absolute atomic E-state index is 13.1. The highest BCUT2D eigenvalue weighted by atomic mass is 32.2. The molecule has 1 saturated heterocycles. The van der Waals surface area contributed by atoms with Gasteiger partial charge in [-0.2, -0.15) is 8.42 Å². The Bertz CT molecular complexity index is 990. The van der Waals surface area contributed by atoms with E-state index in [0.717, 1.165) is 11.1 Å². The largest absolute Gasteiger partial charge is 0.454 e. The summed E-state index contributed by atoms with van der Waals surface area (Å²) in [6, 6.07) is 15.7. The molecule has 5 atom stereocenters. The molecule has 0 aromatic heterocycles. The monoisotopic (exact) mass is 464 g/mol. The van der Waals surface area contributed by atoms with Crippen LogP contribution in [0, 0.1) is 6.92 Å². The molecule has 0 radical (unpaired) electrons. The number of hydrogen-bond acceptors (Lipinski definition) is 8. The molecule has 174 valence electrons. The Morgan fingerprint density at radius 3 is 2.25 bits per heavy atom. The van der Waals surface area contributed by atoms with Gasteiger partial charge in [-0.25, -0.2) is 0 Å². The molecule has 0 saturated carbocycles. The zero-order valence-electron chi connectivity index (χ0n) is 18.5. The Kier molecular flexibility index (Phi) is 8.02. The average molecular weight is 465 g/mol.